The van der Waals surface area contributed by atoms with E-state index in [1.807, 2.05) is 35.2 Å². The SMILES string of the molecule is COc1ccc(Cl)cc1CN1CCN(C(=O)CCc2ccc(OC)c(OC)c2OC)CC1. The number of carbonyl (C=O) groups excluding carboxylic acids is 1. The van der Waals surface area contributed by atoms with E-state index in [9.17, 15) is 4.79 Å². The largest absolute Gasteiger partial charge is 0.496 e. The van der Waals surface area contributed by atoms with Crippen LogP contribution in [0, 0.1) is 0 Å². The molecule has 1 aliphatic heterocycles. The van der Waals surface area contributed by atoms with Crippen LogP contribution in [0.3, 0.4) is 0 Å². The van der Waals surface area contributed by atoms with Crippen molar-refractivity contribution >= 4 is 17.5 Å². The molecule has 0 N–H and O–H groups in total. The Morgan fingerprint density at radius 3 is 2.12 bits per heavy atom. The third-order valence-electron chi connectivity index (χ3n) is 5.76. The number of amides is 1. The Balaban J connectivity index is 1.55. The number of nitrogens with zero attached hydrogens (tertiary/aromatic N) is 2. The molecular formula is C24H31ClN2O5. The van der Waals surface area contributed by atoms with E-state index in [1.54, 1.807) is 28.4 Å². The van der Waals surface area contributed by atoms with Gasteiger partial charge in [0.1, 0.15) is 5.75 Å². The van der Waals surface area contributed by atoms with Crippen LogP contribution >= 0.6 is 11.6 Å². The van der Waals surface area contributed by atoms with Crippen LogP contribution in [0.4, 0.5) is 0 Å². The number of hydrogen-bond donors (Lipinski definition) is 0. The first-order valence-electron chi connectivity index (χ1n) is 10.6. The monoisotopic (exact) mass is 462 g/mol. The van der Waals surface area contributed by atoms with Crippen molar-refractivity contribution in [3.63, 3.8) is 0 Å². The molecule has 0 bridgehead atoms. The van der Waals surface area contributed by atoms with Gasteiger partial charge in [0.15, 0.2) is 11.5 Å². The van der Waals surface area contributed by atoms with E-state index in [4.69, 9.17) is 30.5 Å². The smallest absolute Gasteiger partial charge is 0.222 e. The summed E-state index contributed by atoms with van der Waals surface area (Å²) in [5.74, 6) is 2.73. The van der Waals surface area contributed by atoms with Crippen molar-refractivity contribution in [2.24, 2.45) is 0 Å². The summed E-state index contributed by atoms with van der Waals surface area (Å²) < 4.78 is 21.7. The number of benzene rings is 2. The van der Waals surface area contributed by atoms with Crippen molar-refractivity contribution in [1.29, 1.82) is 0 Å². The number of hydrogen-bond acceptors (Lipinski definition) is 6. The first-order valence-corrected chi connectivity index (χ1v) is 11.0. The van der Waals surface area contributed by atoms with Crippen LogP contribution in [-0.2, 0) is 17.8 Å². The van der Waals surface area contributed by atoms with E-state index in [1.165, 1.54) is 0 Å². The van der Waals surface area contributed by atoms with Gasteiger partial charge in [-0.25, -0.2) is 0 Å². The fourth-order valence-corrected chi connectivity index (χ4v) is 4.22. The summed E-state index contributed by atoms with van der Waals surface area (Å²) in [5.41, 5.74) is 1.98. The molecule has 1 saturated heterocycles. The number of rotatable bonds is 9. The molecule has 1 aliphatic rings. The highest BCUT2D eigenvalue weighted by atomic mass is 35.5. The van der Waals surface area contributed by atoms with Gasteiger partial charge in [0, 0.05) is 49.7 Å². The van der Waals surface area contributed by atoms with Crippen LogP contribution in [0.15, 0.2) is 30.3 Å². The molecule has 0 atom stereocenters. The zero-order chi connectivity index (χ0) is 23.1. The van der Waals surface area contributed by atoms with Crippen LogP contribution in [-0.4, -0.2) is 70.3 Å². The van der Waals surface area contributed by atoms with Gasteiger partial charge in [0.05, 0.1) is 28.4 Å². The Bertz CT molecular complexity index is 929. The van der Waals surface area contributed by atoms with Crippen LogP contribution in [0.5, 0.6) is 23.0 Å². The average molecular weight is 463 g/mol. The second-order valence-corrected chi connectivity index (χ2v) is 8.04. The fraction of sp³-hybridized carbons (Fsp3) is 0.458. The lowest BCUT2D eigenvalue weighted by atomic mass is 10.1. The van der Waals surface area contributed by atoms with Crippen molar-refractivity contribution in [2.75, 3.05) is 54.6 Å². The van der Waals surface area contributed by atoms with Gasteiger partial charge in [-0.2, -0.15) is 0 Å². The normalized spacial score (nSPS) is 14.2. The standard InChI is InChI=1S/C24H31ClN2O5/c1-29-20-9-7-19(25)15-18(20)16-26-11-13-27(14-12-26)22(28)10-6-17-5-8-21(30-2)24(32-4)23(17)31-3/h5,7-9,15H,6,10-14,16H2,1-4H3. The molecule has 0 radical (unpaired) electrons. The highest BCUT2D eigenvalue weighted by molar-refractivity contribution is 6.30. The maximum absolute atomic E-state index is 12.8. The van der Waals surface area contributed by atoms with E-state index < -0.39 is 0 Å². The van der Waals surface area contributed by atoms with Crippen molar-refractivity contribution in [2.45, 2.75) is 19.4 Å². The number of carbonyl (C=O) groups is 1. The van der Waals surface area contributed by atoms with Gasteiger partial charge in [0.2, 0.25) is 11.7 Å². The Morgan fingerprint density at radius 1 is 0.844 bits per heavy atom. The first kappa shape index (κ1) is 24.0. The molecule has 0 aromatic heterocycles. The predicted molar refractivity (Wildman–Crippen MR) is 124 cm³/mol. The van der Waals surface area contributed by atoms with Crippen LogP contribution in [0.1, 0.15) is 17.5 Å². The van der Waals surface area contributed by atoms with Crippen molar-refractivity contribution in [3.8, 4) is 23.0 Å². The number of methoxy groups -OCH3 is 4. The lowest BCUT2D eigenvalue weighted by molar-refractivity contribution is -0.133. The quantitative estimate of drug-likeness (QED) is 0.567. The van der Waals surface area contributed by atoms with E-state index in [2.05, 4.69) is 4.90 Å². The number of halogens is 1. The van der Waals surface area contributed by atoms with Gasteiger partial charge in [-0.3, -0.25) is 9.69 Å². The summed E-state index contributed by atoms with van der Waals surface area (Å²) >= 11 is 6.15. The van der Waals surface area contributed by atoms with E-state index in [0.717, 1.165) is 36.5 Å². The van der Waals surface area contributed by atoms with E-state index in [-0.39, 0.29) is 5.91 Å². The van der Waals surface area contributed by atoms with Gasteiger partial charge in [-0.1, -0.05) is 17.7 Å². The summed E-state index contributed by atoms with van der Waals surface area (Å²) in [7, 11) is 6.42. The molecule has 0 aliphatic carbocycles. The topological polar surface area (TPSA) is 60.5 Å². The van der Waals surface area contributed by atoms with Crippen LogP contribution in [0.2, 0.25) is 5.02 Å². The molecule has 1 fully saturated rings. The Kier molecular flexibility index (Phi) is 8.47. The van der Waals surface area contributed by atoms with E-state index >= 15 is 0 Å². The molecule has 2 aromatic carbocycles. The van der Waals surface area contributed by atoms with Gasteiger partial charge in [-0.05, 0) is 36.2 Å². The lowest BCUT2D eigenvalue weighted by Gasteiger charge is -2.35. The van der Waals surface area contributed by atoms with Crippen molar-refractivity contribution in [3.05, 3.63) is 46.5 Å². The molecule has 0 unspecified atom stereocenters. The van der Waals surface area contributed by atoms with Gasteiger partial charge in [-0.15, -0.1) is 0 Å². The summed E-state index contributed by atoms with van der Waals surface area (Å²) in [4.78, 5) is 17.1. The second kappa shape index (κ2) is 11.3. The van der Waals surface area contributed by atoms with E-state index in [0.29, 0.717) is 48.2 Å². The van der Waals surface area contributed by atoms with Gasteiger partial charge < -0.3 is 23.8 Å². The zero-order valence-corrected chi connectivity index (χ0v) is 19.9. The van der Waals surface area contributed by atoms with Gasteiger partial charge >= 0.3 is 0 Å². The van der Waals surface area contributed by atoms with Crippen molar-refractivity contribution in [1.82, 2.24) is 9.80 Å². The molecule has 1 heterocycles. The Morgan fingerprint density at radius 2 is 1.50 bits per heavy atom. The molecule has 32 heavy (non-hydrogen) atoms. The van der Waals surface area contributed by atoms with Crippen LogP contribution in [0.25, 0.3) is 0 Å². The molecule has 0 spiro atoms. The molecule has 174 valence electrons. The minimum Gasteiger partial charge on any atom is -0.496 e. The number of aryl methyl sites for hydroxylation is 1. The minimum absolute atomic E-state index is 0.141. The maximum Gasteiger partial charge on any atom is 0.222 e. The Labute approximate surface area is 194 Å². The molecule has 0 saturated carbocycles. The van der Waals surface area contributed by atoms with Crippen molar-refractivity contribution < 1.29 is 23.7 Å². The molecular weight excluding hydrogens is 432 g/mol. The highest BCUT2D eigenvalue weighted by Crippen LogP contribution is 2.40. The van der Waals surface area contributed by atoms with Crippen LogP contribution < -0.4 is 18.9 Å². The third kappa shape index (κ3) is 5.58. The summed E-state index contributed by atoms with van der Waals surface area (Å²) in [5, 5.41) is 0.695. The molecule has 1 amide bonds. The summed E-state index contributed by atoms with van der Waals surface area (Å²) in [6.07, 6.45) is 0.982. The third-order valence-corrected chi connectivity index (χ3v) is 5.99. The van der Waals surface area contributed by atoms with Gasteiger partial charge in [0.25, 0.3) is 0 Å². The molecule has 7 nitrogen and oxygen atoms in total. The zero-order valence-electron chi connectivity index (χ0n) is 19.2. The summed E-state index contributed by atoms with van der Waals surface area (Å²) in [6.45, 7) is 3.76. The maximum atomic E-state index is 12.8. The average Bonchev–Trinajstić information content (AvgIpc) is 2.82. The molecule has 2 aromatic rings. The first-order chi connectivity index (χ1) is 15.5. The molecule has 3 rings (SSSR count). The predicted octanol–water partition coefficient (Wildman–Crippen LogP) is 3.65. The highest BCUT2D eigenvalue weighted by Gasteiger charge is 2.23. The second-order valence-electron chi connectivity index (χ2n) is 7.61. The number of piperazine rings is 1. The summed E-state index contributed by atoms with van der Waals surface area (Å²) in [6, 6.07) is 9.41. The number of ether oxygens (including phenoxy) is 4. The Hall–Kier alpha value is -2.64. The fourth-order valence-electron chi connectivity index (χ4n) is 4.03. The lowest BCUT2D eigenvalue weighted by Crippen LogP contribution is -2.48. The molecule has 8 heteroatoms. The minimum atomic E-state index is 0.141.